The number of pyridine rings is 1. The van der Waals surface area contributed by atoms with Crippen LogP contribution in [0.1, 0.15) is 18.4 Å². The Hall–Kier alpha value is -2.69. The number of carboxylic acid groups (broad SMARTS) is 1. The number of nitro groups is 1. The molecule has 0 unspecified atom stereocenters. The van der Waals surface area contributed by atoms with Gasteiger partial charge in [0, 0.05) is 6.07 Å². The number of aromatic nitrogens is 1. The molecular weight excluding hydrogens is 240 g/mol. The van der Waals surface area contributed by atoms with Gasteiger partial charge in [-0.2, -0.15) is 5.26 Å². The summed E-state index contributed by atoms with van der Waals surface area (Å²) in [6.45, 7) is 0. The number of carbonyl (C=O) groups is 1. The van der Waals surface area contributed by atoms with E-state index in [1.807, 2.05) is 0 Å². The van der Waals surface area contributed by atoms with Crippen molar-refractivity contribution in [1.29, 1.82) is 5.26 Å². The summed E-state index contributed by atoms with van der Waals surface area (Å²) in [4.78, 5) is 24.6. The molecule has 1 aromatic heterocycles. The van der Waals surface area contributed by atoms with E-state index in [0.717, 1.165) is 12.3 Å². The SMILES string of the molecule is N#Cc1cc([N+](=O)[O-])cnc1NC1(C(=O)O)CC1. The molecule has 1 fully saturated rings. The Balaban J connectivity index is 2.32. The van der Waals surface area contributed by atoms with Crippen LogP contribution in [-0.4, -0.2) is 26.5 Å². The van der Waals surface area contributed by atoms with Gasteiger partial charge in [0.05, 0.1) is 4.92 Å². The number of aliphatic carboxylic acids is 1. The Morgan fingerprint density at radius 2 is 2.33 bits per heavy atom. The van der Waals surface area contributed by atoms with Gasteiger partial charge in [0.15, 0.2) is 0 Å². The first-order chi connectivity index (χ1) is 8.48. The summed E-state index contributed by atoms with van der Waals surface area (Å²) < 4.78 is 0. The van der Waals surface area contributed by atoms with E-state index < -0.39 is 16.4 Å². The number of nitrogens with zero attached hydrogens (tertiary/aromatic N) is 3. The number of rotatable bonds is 4. The maximum Gasteiger partial charge on any atom is 0.329 e. The quantitative estimate of drug-likeness (QED) is 0.597. The van der Waals surface area contributed by atoms with Crippen LogP contribution in [0, 0.1) is 21.4 Å². The molecule has 1 aliphatic carbocycles. The Kier molecular flexibility index (Phi) is 2.59. The highest BCUT2D eigenvalue weighted by Gasteiger charge is 2.51. The molecule has 1 heterocycles. The minimum Gasteiger partial charge on any atom is -0.480 e. The van der Waals surface area contributed by atoms with Gasteiger partial charge >= 0.3 is 5.97 Å². The van der Waals surface area contributed by atoms with Crippen molar-refractivity contribution in [3.63, 3.8) is 0 Å². The van der Waals surface area contributed by atoms with Crippen molar-refractivity contribution < 1.29 is 14.8 Å². The second-order valence-electron chi connectivity index (χ2n) is 3.97. The summed E-state index contributed by atoms with van der Waals surface area (Å²) in [6.07, 6.45) is 1.86. The fourth-order valence-corrected chi connectivity index (χ4v) is 1.48. The van der Waals surface area contributed by atoms with Crippen LogP contribution in [0.5, 0.6) is 0 Å². The van der Waals surface area contributed by atoms with Crippen molar-refractivity contribution >= 4 is 17.5 Å². The Bertz CT molecular complexity index is 574. The summed E-state index contributed by atoms with van der Waals surface area (Å²) >= 11 is 0. The Morgan fingerprint density at radius 3 is 2.78 bits per heavy atom. The van der Waals surface area contributed by atoms with Gasteiger partial charge in [0.25, 0.3) is 5.69 Å². The molecule has 0 atom stereocenters. The second kappa shape index (κ2) is 3.96. The number of hydrogen-bond acceptors (Lipinski definition) is 6. The highest BCUT2D eigenvalue weighted by Crippen LogP contribution is 2.39. The van der Waals surface area contributed by atoms with E-state index in [9.17, 15) is 14.9 Å². The summed E-state index contributed by atoms with van der Waals surface area (Å²) in [5, 5.41) is 31.1. The van der Waals surface area contributed by atoms with Gasteiger partial charge in [-0.3, -0.25) is 10.1 Å². The first kappa shape index (κ1) is 11.8. The molecule has 8 heteroatoms. The van der Waals surface area contributed by atoms with Crippen LogP contribution in [0.3, 0.4) is 0 Å². The van der Waals surface area contributed by atoms with Gasteiger partial charge in [0.2, 0.25) is 0 Å². The maximum atomic E-state index is 11.0. The zero-order valence-electron chi connectivity index (χ0n) is 9.08. The normalized spacial score (nSPS) is 15.5. The molecule has 1 aromatic rings. The largest absolute Gasteiger partial charge is 0.480 e. The molecule has 2 N–H and O–H groups in total. The standard InChI is InChI=1S/C10H8N4O4/c11-4-6-3-7(14(17)18)5-12-8(6)13-10(1-2-10)9(15)16/h3,5H,1-2H2,(H,12,13)(H,15,16). The third-order valence-electron chi connectivity index (χ3n) is 2.72. The molecule has 0 bridgehead atoms. The van der Waals surface area contributed by atoms with Gasteiger partial charge in [-0.15, -0.1) is 0 Å². The lowest BCUT2D eigenvalue weighted by molar-refractivity contribution is -0.385. The number of carboxylic acids is 1. The van der Waals surface area contributed by atoms with Crippen LogP contribution in [-0.2, 0) is 4.79 Å². The van der Waals surface area contributed by atoms with E-state index in [1.165, 1.54) is 0 Å². The first-order valence-corrected chi connectivity index (χ1v) is 5.05. The van der Waals surface area contributed by atoms with Crippen molar-refractivity contribution in [2.24, 2.45) is 0 Å². The van der Waals surface area contributed by atoms with Crippen LogP contribution >= 0.6 is 0 Å². The molecule has 92 valence electrons. The smallest absolute Gasteiger partial charge is 0.329 e. The average Bonchev–Trinajstić information content (AvgIpc) is 3.10. The van der Waals surface area contributed by atoms with Crippen molar-refractivity contribution in [2.75, 3.05) is 5.32 Å². The summed E-state index contributed by atoms with van der Waals surface area (Å²) in [5.74, 6) is -0.963. The molecule has 1 aliphatic rings. The van der Waals surface area contributed by atoms with Crippen molar-refractivity contribution in [3.05, 3.63) is 27.9 Å². The number of hydrogen-bond donors (Lipinski definition) is 2. The van der Waals surface area contributed by atoms with Crippen molar-refractivity contribution in [3.8, 4) is 6.07 Å². The number of nitrogens with one attached hydrogen (secondary N) is 1. The van der Waals surface area contributed by atoms with E-state index in [1.54, 1.807) is 6.07 Å². The zero-order chi connectivity index (χ0) is 13.3. The Labute approximate surface area is 101 Å². The van der Waals surface area contributed by atoms with Crippen molar-refractivity contribution in [2.45, 2.75) is 18.4 Å². The molecule has 18 heavy (non-hydrogen) atoms. The molecule has 8 nitrogen and oxygen atoms in total. The zero-order valence-corrected chi connectivity index (χ0v) is 9.08. The molecule has 0 aliphatic heterocycles. The third kappa shape index (κ3) is 1.93. The fourth-order valence-electron chi connectivity index (χ4n) is 1.48. The molecule has 0 aromatic carbocycles. The van der Waals surface area contributed by atoms with E-state index in [4.69, 9.17) is 10.4 Å². The van der Waals surface area contributed by atoms with Crippen LogP contribution in [0.4, 0.5) is 11.5 Å². The average molecular weight is 248 g/mol. The van der Waals surface area contributed by atoms with Gasteiger partial charge in [-0.25, -0.2) is 9.78 Å². The third-order valence-corrected chi connectivity index (χ3v) is 2.72. The minimum atomic E-state index is -1.09. The first-order valence-electron chi connectivity index (χ1n) is 5.05. The number of nitriles is 1. The predicted octanol–water partition coefficient (Wildman–Crippen LogP) is 0.891. The lowest BCUT2D eigenvalue weighted by atomic mass is 10.2. The molecular formula is C10H8N4O4. The van der Waals surface area contributed by atoms with Gasteiger partial charge < -0.3 is 10.4 Å². The Morgan fingerprint density at radius 1 is 1.67 bits per heavy atom. The summed E-state index contributed by atoms with van der Waals surface area (Å²) in [7, 11) is 0. The van der Waals surface area contributed by atoms with Crippen LogP contribution in [0.2, 0.25) is 0 Å². The van der Waals surface area contributed by atoms with Gasteiger partial charge in [-0.05, 0) is 12.8 Å². The summed E-state index contributed by atoms with van der Waals surface area (Å²) in [6, 6.07) is 2.82. The highest BCUT2D eigenvalue weighted by molar-refractivity contribution is 5.86. The molecule has 0 spiro atoms. The molecule has 0 saturated heterocycles. The highest BCUT2D eigenvalue weighted by atomic mass is 16.6. The topological polar surface area (TPSA) is 129 Å². The van der Waals surface area contributed by atoms with Crippen LogP contribution in [0.25, 0.3) is 0 Å². The predicted molar refractivity (Wildman–Crippen MR) is 58.8 cm³/mol. The van der Waals surface area contributed by atoms with Gasteiger partial charge in [-0.1, -0.05) is 0 Å². The van der Waals surface area contributed by atoms with E-state index >= 15 is 0 Å². The molecule has 2 rings (SSSR count). The van der Waals surface area contributed by atoms with E-state index in [2.05, 4.69) is 10.3 Å². The van der Waals surface area contributed by atoms with Gasteiger partial charge in [0.1, 0.15) is 29.2 Å². The van der Waals surface area contributed by atoms with Crippen LogP contribution in [0.15, 0.2) is 12.3 Å². The lowest BCUT2D eigenvalue weighted by Crippen LogP contribution is -2.32. The lowest BCUT2D eigenvalue weighted by Gasteiger charge is -2.13. The van der Waals surface area contributed by atoms with Crippen LogP contribution < -0.4 is 5.32 Å². The van der Waals surface area contributed by atoms with E-state index in [-0.39, 0.29) is 17.1 Å². The van der Waals surface area contributed by atoms with Crippen molar-refractivity contribution in [1.82, 2.24) is 4.98 Å². The number of anilines is 1. The molecule has 1 saturated carbocycles. The molecule has 0 radical (unpaired) electrons. The second-order valence-corrected chi connectivity index (χ2v) is 3.97. The fraction of sp³-hybridized carbons (Fsp3) is 0.300. The monoisotopic (exact) mass is 248 g/mol. The molecule has 0 amide bonds. The minimum absolute atomic E-state index is 0.0447. The maximum absolute atomic E-state index is 11.0. The van der Waals surface area contributed by atoms with E-state index in [0.29, 0.717) is 12.8 Å². The summed E-state index contributed by atoms with van der Waals surface area (Å²) in [5.41, 5.74) is -1.44.